The fourth-order valence-corrected chi connectivity index (χ4v) is 2.94. The Morgan fingerprint density at radius 3 is 2.75 bits per heavy atom. The molecule has 72 valence electrons. The number of hydrogen-bond acceptors (Lipinski definition) is 3. The third kappa shape index (κ3) is 2.18. The van der Waals surface area contributed by atoms with Gasteiger partial charge in [-0.15, -0.1) is 0 Å². The predicted molar refractivity (Wildman–Crippen MR) is 48.2 cm³/mol. The van der Waals surface area contributed by atoms with Crippen molar-refractivity contribution in [3.63, 3.8) is 0 Å². The largest absolute Gasteiger partial charge is 0.330 e. The van der Waals surface area contributed by atoms with Crippen molar-refractivity contribution in [2.45, 2.75) is 25.3 Å². The zero-order valence-corrected chi connectivity index (χ0v) is 8.18. The van der Waals surface area contributed by atoms with Gasteiger partial charge in [0, 0.05) is 12.6 Å². The normalized spacial score (nSPS) is 26.3. The molecule has 0 aromatic carbocycles. The Kier molecular flexibility index (Phi) is 3.09. The minimum Gasteiger partial charge on any atom is -0.330 e. The zero-order chi connectivity index (χ0) is 9.19. The number of sulfonamides is 1. The molecule has 0 spiro atoms. The van der Waals surface area contributed by atoms with Crippen LogP contribution in [0.1, 0.15) is 19.3 Å². The smallest absolute Gasteiger partial charge is 0.211 e. The van der Waals surface area contributed by atoms with Crippen LogP contribution in [0.25, 0.3) is 0 Å². The lowest BCUT2D eigenvalue weighted by Crippen LogP contribution is -2.35. The molecule has 0 bridgehead atoms. The van der Waals surface area contributed by atoms with Crippen LogP contribution in [-0.4, -0.2) is 38.1 Å². The van der Waals surface area contributed by atoms with E-state index >= 15 is 0 Å². The van der Waals surface area contributed by atoms with E-state index in [1.165, 1.54) is 6.26 Å². The van der Waals surface area contributed by atoms with Crippen LogP contribution < -0.4 is 5.73 Å². The summed E-state index contributed by atoms with van der Waals surface area (Å²) in [5.74, 6) is 0. The molecule has 0 saturated carbocycles. The Morgan fingerprint density at radius 1 is 1.58 bits per heavy atom. The average molecular weight is 192 g/mol. The van der Waals surface area contributed by atoms with Gasteiger partial charge < -0.3 is 5.73 Å². The van der Waals surface area contributed by atoms with Gasteiger partial charge in [-0.1, -0.05) is 0 Å². The van der Waals surface area contributed by atoms with Gasteiger partial charge in [-0.05, 0) is 25.8 Å². The first-order chi connectivity index (χ1) is 5.55. The Bertz CT molecular complexity index is 238. The molecule has 2 N–H and O–H groups in total. The van der Waals surface area contributed by atoms with Crippen LogP contribution in [0.4, 0.5) is 0 Å². The summed E-state index contributed by atoms with van der Waals surface area (Å²) >= 11 is 0. The van der Waals surface area contributed by atoms with Gasteiger partial charge in [-0.3, -0.25) is 0 Å². The number of hydrogen-bond donors (Lipinski definition) is 1. The quantitative estimate of drug-likeness (QED) is 0.671. The van der Waals surface area contributed by atoms with Crippen molar-refractivity contribution in [3.8, 4) is 0 Å². The van der Waals surface area contributed by atoms with E-state index in [4.69, 9.17) is 5.73 Å². The molecule has 0 aromatic rings. The Labute approximate surface area is 73.8 Å². The summed E-state index contributed by atoms with van der Waals surface area (Å²) in [4.78, 5) is 0. The predicted octanol–water partition coefficient (Wildman–Crippen LogP) is -0.241. The minimum absolute atomic E-state index is 0.157. The molecular weight excluding hydrogens is 176 g/mol. The van der Waals surface area contributed by atoms with Crippen LogP contribution in [0.5, 0.6) is 0 Å². The fourth-order valence-electron chi connectivity index (χ4n) is 1.73. The Hall–Kier alpha value is -0.130. The third-order valence-electron chi connectivity index (χ3n) is 2.25. The summed E-state index contributed by atoms with van der Waals surface area (Å²) in [6.07, 6.45) is 3.98. The van der Waals surface area contributed by atoms with Gasteiger partial charge in [-0.2, -0.15) is 4.31 Å². The number of rotatable bonds is 3. The molecule has 5 heteroatoms. The van der Waals surface area contributed by atoms with Crippen molar-refractivity contribution in [3.05, 3.63) is 0 Å². The van der Waals surface area contributed by atoms with Gasteiger partial charge in [0.1, 0.15) is 0 Å². The summed E-state index contributed by atoms with van der Waals surface area (Å²) in [5.41, 5.74) is 5.39. The van der Waals surface area contributed by atoms with Crippen molar-refractivity contribution < 1.29 is 8.42 Å². The molecule has 1 unspecified atom stereocenters. The lowest BCUT2D eigenvalue weighted by Gasteiger charge is -2.21. The van der Waals surface area contributed by atoms with Crippen LogP contribution in [-0.2, 0) is 10.0 Å². The molecule has 1 fully saturated rings. The number of nitrogens with two attached hydrogens (primary N) is 1. The van der Waals surface area contributed by atoms with E-state index in [1.807, 2.05) is 0 Å². The molecule has 12 heavy (non-hydrogen) atoms. The van der Waals surface area contributed by atoms with E-state index in [1.54, 1.807) is 4.31 Å². The average Bonchev–Trinajstić information content (AvgIpc) is 2.34. The van der Waals surface area contributed by atoms with Crippen LogP contribution in [0, 0.1) is 0 Å². The first kappa shape index (κ1) is 9.95. The fraction of sp³-hybridized carbons (Fsp3) is 1.00. The zero-order valence-electron chi connectivity index (χ0n) is 7.36. The van der Waals surface area contributed by atoms with Gasteiger partial charge >= 0.3 is 0 Å². The number of nitrogens with zero attached hydrogens (tertiary/aromatic N) is 1. The van der Waals surface area contributed by atoms with Crippen molar-refractivity contribution >= 4 is 10.0 Å². The summed E-state index contributed by atoms with van der Waals surface area (Å²) in [7, 11) is -3.00. The topological polar surface area (TPSA) is 63.4 Å². The lowest BCUT2D eigenvalue weighted by molar-refractivity contribution is 0.377. The molecule has 1 heterocycles. The lowest BCUT2D eigenvalue weighted by atomic mass is 10.2. The molecule has 1 rings (SSSR count). The van der Waals surface area contributed by atoms with Crippen molar-refractivity contribution in [1.82, 2.24) is 4.31 Å². The second-order valence-corrected chi connectivity index (χ2v) is 5.18. The van der Waals surface area contributed by atoms with Gasteiger partial charge in [-0.25, -0.2) is 8.42 Å². The maximum absolute atomic E-state index is 11.2. The second kappa shape index (κ2) is 3.72. The van der Waals surface area contributed by atoms with Crippen LogP contribution >= 0.6 is 0 Å². The maximum Gasteiger partial charge on any atom is 0.211 e. The van der Waals surface area contributed by atoms with E-state index in [0.29, 0.717) is 13.1 Å². The van der Waals surface area contributed by atoms with E-state index in [9.17, 15) is 8.42 Å². The molecule has 1 atom stereocenters. The summed E-state index contributed by atoms with van der Waals surface area (Å²) in [6.45, 7) is 1.24. The van der Waals surface area contributed by atoms with E-state index < -0.39 is 10.0 Å². The highest BCUT2D eigenvalue weighted by molar-refractivity contribution is 7.88. The van der Waals surface area contributed by atoms with Crippen LogP contribution in [0.3, 0.4) is 0 Å². The summed E-state index contributed by atoms with van der Waals surface area (Å²) < 4.78 is 24.0. The first-order valence-electron chi connectivity index (χ1n) is 4.22. The van der Waals surface area contributed by atoms with Crippen LogP contribution in [0.2, 0.25) is 0 Å². The molecule has 0 aliphatic carbocycles. The molecule has 0 amide bonds. The van der Waals surface area contributed by atoms with Gasteiger partial charge in [0.15, 0.2) is 0 Å². The monoisotopic (exact) mass is 192 g/mol. The van der Waals surface area contributed by atoms with Crippen molar-refractivity contribution in [2.75, 3.05) is 19.3 Å². The highest BCUT2D eigenvalue weighted by atomic mass is 32.2. The molecule has 0 radical (unpaired) electrons. The Balaban J connectivity index is 2.64. The van der Waals surface area contributed by atoms with E-state index in [2.05, 4.69) is 0 Å². The Morgan fingerprint density at radius 2 is 2.25 bits per heavy atom. The molecule has 1 aliphatic rings. The minimum atomic E-state index is -3.00. The summed E-state index contributed by atoms with van der Waals surface area (Å²) in [5, 5.41) is 0. The highest BCUT2D eigenvalue weighted by Gasteiger charge is 2.30. The maximum atomic E-state index is 11.2. The molecular formula is C7H16N2O2S. The molecule has 4 nitrogen and oxygen atoms in total. The standard InChI is InChI=1S/C7H16N2O2S/c1-12(10,11)9-6-2-3-7(9)4-5-8/h7H,2-6,8H2,1H3. The van der Waals surface area contributed by atoms with Crippen LogP contribution in [0.15, 0.2) is 0 Å². The summed E-state index contributed by atoms with van der Waals surface area (Å²) in [6, 6.07) is 0.157. The molecule has 1 aliphatic heterocycles. The SMILES string of the molecule is CS(=O)(=O)N1CCCC1CCN. The van der Waals surface area contributed by atoms with E-state index in [0.717, 1.165) is 19.3 Å². The second-order valence-electron chi connectivity index (χ2n) is 3.25. The third-order valence-corrected chi connectivity index (χ3v) is 3.58. The van der Waals surface area contributed by atoms with Gasteiger partial charge in [0.2, 0.25) is 10.0 Å². The van der Waals surface area contributed by atoms with E-state index in [-0.39, 0.29) is 6.04 Å². The highest BCUT2D eigenvalue weighted by Crippen LogP contribution is 2.21. The molecule has 0 aromatic heterocycles. The van der Waals surface area contributed by atoms with Gasteiger partial charge in [0.25, 0.3) is 0 Å². The first-order valence-corrected chi connectivity index (χ1v) is 6.07. The van der Waals surface area contributed by atoms with Crippen molar-refractivity contribution in [2.24, 2.45) is 5.73 Å². The molecule has 1 saturated heterocycles. The van der Waals surface area contributed by atoms with Crippen molar-refractivity contribution in [1.29, 1.82) is 0 Å². The van der Waals surface area contributed by atoms with Gasteiger partial charge in [0.05, 0.1) is 6.26 Å².